The van der Waals surface area contributed by atoms with Crippen molar-refractivity contribution in [1.82, 2.24) is 14.5 Å². The maximum absolute atomic E-state index is 10.8. The molecule has 0 bridgehead atoms. The zero-order valence-electron chi connectivity index (χ0n) is 8.75. The average molecular weight is 221 g/mol. The first-order valence-electron chi connectivity index (χ1n) is 4.75. The molecular weight excluding hydrogens is 210 g/mol. The van der Waals surface area contributed by atoms with Gasteiger partial charge in [-0.3, -0.25) is 0 Å². The molecular formula is C10H11N3O3. The van der Waals surface area contributed by atoms with Crippen molar-refractivity contribution in [3.8, 4) is 0 Å². The first-order chi connectivity index (χ1) is 7.72. The number of aromatic carboxylic acids is 1. The lowest BCUT2D eigenvalue weighted by molar-refractivity contribution is 0.0696. The number of carboxylic acids is 1. The summed E-state index contributed by atoms with van der Waals surface area (Å²) in [7, 11) is 1.61. The molecule has 6 heteroatoms. The largest absolute Gasteiger partial charge is 0.478 e. The van der Waals surface area contributed by atoms with Crippen molar-refractivity contribution in [3.63, 3.8) is 0 Å². The molecule has 0 unspecified atom stereocenters. The van der Waals surface area contributed by atoms with E-state index >= 15 is 0 Å². The Morgan fingerprint density at radius 1 is 1.56 bits per heavy atom. The number of carbonyl (C=O) groups is 1. The SMILES string of the molecule is COCCn1cnc2ncc(C(=O)O)cc21. The van der Waals surface area contributed by atoms with E-state index in [1.165, 1.54) is 6.20 Å². The molecule has 0 atom stereocenters. The molecule has 2 rings (SSSR count). The smallest absolute Gasteiger partial charge is 0.337 e. The fraction of sp³-hybridized carbons (Fsp3) is 0.300. The van der Waals surface area contributed by atoms with E-state index in [2.05, 4.69) is 9.97 Å². The molecule has 0 aromatic carbocycles. The molecule has 0 radical (unpaired) electrons. The van der Waals surface area contributed by atoms with E-state index in [4.69, 9.17) is 9.84 Å². The molecule has 2 aromatic rings. The Bertz CT molecular complexity index is 521. The van der Waals surface area contributed by atoms with Gasteiger partial charge in [0.05, 0.1) is 24.0 Å². The van der Waals surface area contributed by atoms with Crippen LogP contribution in [0.3, 0.4) is 0 Å². The van der Waals surface area contributed by atoms with Crippen LogP contribution in [0.5, 0.6) is 0 Å². The molecule has 0 saturated heterocycles. The number of fused-ring (bicyclic) bond motifs is 1. The zero-order chi connectivity index (χ0) is 11.5. The van der Waals surface area contributed by atoms with Crippen LogP contribution in [0.2, 0.25) is 0 Å². The molecule has 0 amide bonds. The second-order valence-corrected chi connectivity index (χ2v) is 3.30. The van der Waals surface area contributed by atoms with Crippen LogP contribution >= 0.6 is 0 Å². The van der Waals surface area contributed by atoms with E-state index in [0.29, 0.717) is 24.3 Å². The van der Waals surface area contributed by atoms with Gasteiger partial charge in [-0.15, -0.1) is 0 Å². The second kappa shape index (κ2) is 4.28. The number of ether oxygens (including phenoxy) is 1. The molecule has 0 spiro atoms. The van der Waals surface area contributed by atoms with Crippen LogP contribution in [-0.4, -0.2) is 39.3 Å². The molecule has 16 heavy (non-hydrogen) atoms. The second-order valence-electron chi connectivity index (χ2n) is 3.30. The Hall–Kier alpha value is -1.95. The highest BCUT2D eigenvalue weighted by molar-refractivity contribution is 5.90. The van der Waals surface area contributed by atoms with Gasteiger partial charge in [-0.2, -0.15) is 0 Å². The summed E-state index contributed by atoms with van der Waals surface area (Å²) in [6.45, 7) is 1.17. The summed E-state index contributed by atoms with van der Waals surface area (Å²) in [4.78, 5) is 18.9. The van der Waals surface area contributed by atoms with Crippen molar-refractivity contribution in [2.45, 2.75) is 6.54 Å². The molecule has 2 heterocycles. The van der Waals surface area contributed by atoms with Crippen molar-refractivity contribution >= 4 is 17.1 Å². The minimum atomic E-state index is -0.992. The summed E-state index contributed by atoms with van der Waals surface area (Å²) in [6.07, 6.45) is 2.93. The lowest BCUT2D eigenvalue weighted by Gasteiger charge is -2.02. The maximum atomic E-state index is 10.8. The molecule has 0 aliphatic heterocycles. The Morgan fingerprint density at radius 2 is 2.38 bits per heavy atom. The van der Waals surface area contributed by atoms with E-state index in [1.54, 1.807) is 19.5 Å². The van der Waals surface area contributed by atoms with Crippen LogP contribution in [0, 0.1) is 0 Å². The molecule has 84 valence electrons. The predicted molar refractivity (Wildman–Crippen MR) is 56.4 cm³/mol. The highest BCUT2D eigenvalue weighted by Crippen LogP contribution is 2.12. The Kier molecular flexibility index (Phi) is 2.82. The van der Waals surface area contributed by atoms with Crippen LogP contribution in [-0.2, 0) is 11.3 Å². The predicted octanol–water partition coefficient (Wildman–Crippen LogP) is 0.776. The minimum Gasteiger partial charge on any atom is -0.478 e. The average Bonchev–Trinajstić information content (AvgIpc) is 2.68. The van der Waals surface area contributed by atoms with Crippen LogP contribution in [0.1, 0.15) is 10.4 Å². The molecule has 2 aromatic heterocycles. The highest BCUT2D eigenvalue weighted by atomic mass is 16.5. The molecule has 1 N–H and O–H groups in total. The summed E-state index contributed by atoms with van der Waals surface area (Å²) in [6, 6.07) is 1.56. The summed E-state index contributed by atoms with van der Waals surface area (Å²) in [5, 5.41) is 8.85. The van der Waals surface area contributed by atoms with Gasteiger partial charge >= 0.3 is 5.97 Å². The van der Waals surface area contributed by atoms with Crippen LogP contribution in [0.4, 0.5) is 0 Å². The summed E-state index contributed by atoms with van der Waals surface area (Å²) in [5.41, 5.74) is 1.41. The lowest BCUT2D eigenvalue weighted by atomic mass is 10.3. The quantitative estimate of drug-likeness (QED) is 0.825. The number of methoxy groups -OCH3 is 1. The third-order valence-corrected chi connectivity index (χ3v) is 2.26. The van der Waals surface area contributed by atoms with E-state index in [-0.39, 0.29) is 5.56 Å². The summed E-state index contributed by atoms with van der Waals surface area (Å²) < 4.78 is 6.77. The maximum Gasteiger partial charge on any atom is 0.337 e. The van der Waals surface area contributed by atoms with Gasteiger partial charge in [-0.05, 0) is 6.07 Å². The topological polar surface area (TPSA) is 77.2 Å². The summed E-state index contributed by atoms with van der Waals surface area (Å²) in [5.74, 6) is -0.992. The van der Waals surface area contributed by atoms with Crippen molar-refractivity contribution in [1.29, 1.82) is 0 Å². The van der Waals surface area contributed by atoms with Gasteiger partial charge in [0.1, 0.15) is 0 Å². The van der Waals surface area contributed by atoms with Crippen molar-refractivity contribution < 1.29 is 14.6 Å². The van der Waals surface area contributed by atoms with Gasteiger partial charge < -0.3 is 14.4 Å². The van der Waals surface area contributed by atoms with E-state index in [0.717, 1.165) is 0 Å². The van der Waals surface area contributed by atoms with Gasteiger partial charge in [0.2, 0.25) is 0 Å². The van der Waals surface area contributed by atoms with Gasteiger partial charge in [0.25, 0.3) is 0 Å². The highest BCUT2D eigenvalue weighted by Gasteiger charge is 2.08. The Balaban J connectivity index is 2.43. The lowest BCUT2D eigenvalue weighted by Crippen LogP contribution is -2.04. The molecule has 0 saturated carbocycles. The van der Waals surface area contributed by atoms with Crippen molar-refractivity contribution in [2.75, 3.05) is 13.7 Å². The van der Waals surface area contributed by atoms with Crippen LogP contribution < -0.4 is 0 Å². The number of imidazole rings is 1. The third kappa shape index (κ3) is 1.87. The number of rotatable bonds is 4. The van der Waals surface area contributed by atoms with Crippen molar-refractivity contribution in [2.24, 2.45) is 0 Å². The van der Waals surface area contributed by atoms with Crippen LogP contribution in [0.15, 0.2) is 18.6 Å². The third-order valence-electron chi connectivity index (χ3n) is 2.26. The van der Waals surface area contributed by atoms with Crippen molar-refractivity contribution in [3.05, 3.63) is 24.2 Å². The number of pyridine rings is 1. The van der Waals surface area contributed by atoms with Gasteiger partial charge in [-0.25, -0.2) is 14.8 Å². The minimum absolute atomic E-state index is 0.159. The fourth-order valence-electron chi connectivity index (χ4n) is 1.43. The summed E-state index contributed by atoms with van der Waals surface area (Å²) >= 11 is 0. The fourth-order valence-corrected chi connectivity index (χ4v) is 1.43. The van der Waals surface area contributed by atoms with E-state index in [9.17, 15) is 4.79 Å². The van der Waals surface area contributed by atoms with E-state index < -0.39 is 5.97 Å². The zero-order valence-corrected chi connectivity index (χ0v) is 8.75. The molecule has 6 nitrogen and oxygen atoms in total. The monoisotopic (exact) mass is 221 g/mol. The first-order valence-corrected chi connectivity index (χ1v) is 4.75. The Labute approximate surface area is 91.5 Å². The standard InChI is InChI=1S/C10H11N3O3/c1-16-3-2-13-6-12-9-8(13)4-7(5-11-9)10(14)15/h4-6H,2-3H2,1H3,(H,14,15). The van der Waals surface area contributed by atoms with Gasteiger partial charge in [0, 0.05) is 19.9 Å². The number of aromatic nitrogens is 3. The number of hydrogen-bond acceptors (Lipinski definition) is 4. The van der Waals surface area contributed by atoms with Gasteiger partial charge in [-0.1, -0.05) is 0 Å². The normalized spacial score (nSPS) is 10.8. The number of carboxylic acid groups (broad SMARTS) is 1. The molecule has 0 aliphatic carbocycles. The van der Waals surface area contributed by atoms with Gasteiger partial charge in [0.15, 0.2) is 5.65 Å². The molecule has 0 aliphatic rings. The number of hydrogen-bond donors (Lipinski definition) is 1. The van der Waals surface area contributed by atoms with Crippen LogP contribution in [0.25, 0.3) is 11.2 Å². The first kappa shape index (κ1) is 10.6. The van der Waals surface area contributed by atoms with E-state index in [1.807, 2.05) is 4.57 Å². The number of nitrogens with zero attached hydrogens (tertiary/aromatic N) is 3. The molecule has 0 fully saturated rings. The Morgan fingerprint density at radius 3 is 3.06 bits per heavy atom.